The molecule has 0 unspecified atom stereocenters. The topological polar surface area (TPSA) is 82.8 Å². The van der Waals surface area contributed by atoms with Crippen molar-refractivity contribution in [3.05, 3.63) is 23.3 Å². The second kappa shape index (κ2) is 7.66. The van der Waals surface area contributed by atoms with E-state index in [1.807, 2.05) is 17.7 Å². The summed E-state index contributed by atoms with van der Waals surface area (Å²) in [5, 5.41) is 13.0. The number of nitrogens with two attached hydrogens (primary N) is 1. The Bertz CT molecular complexity index is 540. The lowest BCUT2D eigenvalue weighted by molar-refractivity contribution is 0.365. The third-order valence-corrected chi connectivity index (χ3v) is 3.73. The Balaban J connectivity index is 0.00000200. The van der Waals surface area contributed by atoms with Crippen molar-refractivity contribution in [1.29, 1.82) is 0 Å². The van der Waals surface area contributed by atoms with E-state index in [2.05, 4.69) is 29.2 Å². The highest BCUT2D eigenvalue weighted by atomic mass is 35.5. The lowest BCUT2D eigenvalue weighted by Crippen LogP contribution is -2.05. The van der Waals surface area contributed by atoms with Crippen LogP contribution in [0.15, 0.2) is 15.7 Å². The van der Waals surface area contributed by atoms with Gasteiger partial charge in [0, 0.05) is 25.3 Å². The van der Waals surface area contributed by atoms with Crippen LogP contribution in [0.5, 0.6) is 0 Å². The number of rotatable bonds is 6. The van der Waals surface area contributed by atoms with Crippen LogP contribution in [-0.2, 0) is 25.8 Å². The van der Waals surface area contributed by atoms with Gasteiger partial charge < -0.3 is 14.8 Å². The second-order valence-electron chi connectivity index (χ2n) is 4.83. The molecule has 0 saturated carbocycles. The molecular formula is C12H20ClN5OS. The van der Waals surface area contributed by atoms with Crippen LogP contribution < -0.4 is 5.73 Å². The van der Waals surface area contributed by atoms with Crippen LogP contribution in [0.3, 0.4) is 0 Å². The maximum absolute atomic E-state index is 5.56. The summed E-state index contributed by atoms with van der Waals surface area (Å²) in [6.45, 7) is 4.71. The molecule has 0 bridgehead atoms. The highest BCUT2D eigenvalue weighted by Gasteiger charge is 2.10. The Morgan fingerprint density at radius 2 is 2.15 bits per heavy atom. The molecule has 0 saturated heterocycles. The third-order valence-electron chi connectivity index (χ3n) is 2.67. The fourth-order valence-electron chi connectivity index (χ4n) is 1.71. The zero-order valence-electron chi connectivity index (χ0n) is 11.9. The van der Waals surface area contributed by atoms with Crippen molar-refractivity contribution in [1.82, 2.24) is 19.9 Å². The van der Waals surface area contributed by atoms with Gasteiger partial charge in [0.15, 0.2) is 5.16 Å². The Hall–Kier alpha value is -1.05. The molecule has 2 N–H and O–H groups in total. The van der Waals surface area contributed by atoms with Crippen LogP contribution in [0.1, 0.15) is 31.1 Å². The molecule has 0 spiro atoms. The number of thioether (sulfide) groups is 1. The van der Waals surface area contributed by atoms with Crippen molar-refractivity contribution in [2.45, 2.75) is 37.7 Å². The zero-order chi connectivity index (χ0) is 13.8. The Morgan fingerprint density at radius 1 is 1.40 bits per heavy atom. The zero-order valence-corrected chi connectivity index (χ0v) is 13.5. The lowest BCUT2D eigenvalue weighted by Gasteiger charge is -2.00. The molecule has 2 heterocycles. The summed E-state index contributed by atoms with van der Waals surface area (Å²) in [4.78, 5) is 0. The lowest BCUT2D eigenvalue weighted by atomic mass is 10.1. The average molecular weight is 318 g/mol. The average Bonchev–Trinajstić information content (AvgIpc) is 2.93. The summed E-state index contributed by atoms with van der Waals surface area (Å²) in [5.74, 6) is 3.01. The molecule has 0 amide bonds. The van der Waals surface area contributed by atoms with E-state index in [4.69, 9.17) is 10.3 Å². The summed E-state index contributed by atoms with van der Waals surface area (Å²) in [6.07, 6.45) is 0.916. The highest BCUT2D eigenvalue weighted by molar-refractivity contribution is 7.98. The first-order chi connectivity index (χ1) is 9.10. The number of halogens is 1. The molecule has 0 aliphatic heterocycles. The number of hydrogen-bond donors (Lipinski definition) is 1. The fourth-order valence-corrected chi connectivity index (χ4v) is 2.52. The Labute approximate surface area is 128 Å². The summed E-state index contributed by atoms with van der Waals surface area (Å²) < 4.78 is 7.20. The van der Waals surface area contributed by atoms with Crippen LogP contribution in [-0.4, -0.2) is 19.9 Å². The van der Waals surface area contributed by atoms with E-state index in [-0.39, 0.29) is 12.4 Å². The van der Waals surface area contributed by atoms with Crippen LogP contribution in [0.25, 0.3) is 0 Å². The predicted molar refractivity (Wildman–Crippen MR) is 80.7 cm³/mol. The van der Waals surface area contributed by atoms with E-state index in [0.29, 0.717) is 12.5 Å². The van der Waals surface area contributed by atoms with E-state index in [1.54, 1.807) is 11.8 Å². The first-order valence-corrected chi connectivity index (χ1v) is 7.24. The molecular weight excluding hydrogens is 298 g/mol. The maximum atomic E-state index is 5.56. The molecule has 2 rings (SSSR count). The van der Waals surface area contributed by atoms with Gasteiger partial charge in [0.2, 0.25) is 0 Å². The molecule has 0 atom stereocenters. The van der Waals surface area contributed by atoms with Gasteiger partial charge >= 0.3 is 0 Å². The van der Waals surface area contributed by atoms with Crippen molar-refractivity contribution in [2.75, 3.05) is 0 Å². The standard InChI is InChI=1S/C12H19N5OS.ClH/c1-8(2)4-10-5-9(16-18-10)7-19-12-15-14-11(6-13)17(12)3;/h5,8H,4,6-7,13H2,1-3H3;1H. The van der Waals surface area contributed by atoms with Gasteiger partial charge in [-0.2, -0.15) is 0 Å². The SMILES string of the molecule is CC(C)Cc1cc(CSc2nnc(CN)n2C)no1.Cl. The van der Waals surface area contributed by atoms with E-state index < -0.39 is 0 Å². The maximum Gasteiger partial charge on any atom is 0.191 e. The van der Waals surface area contributed by atoms with Crippen LogP contribution >= 0.6 is 24.2 Å². The summed E-state index contributed by atoms with van der Waals surface area (Å²) in [7, 11) is 1.91. The van der Waals surface area contributed by atoms with Crippen LogP contribution in [0.2, 0.25) is 0 Å². The van der Waals surface area contributed by atoms with E-state index in [1.165, 1.54) is 0 Å². The van der Waals surface area contributed by atoms with Gasteiger partial charge in [0.05, 0.1) is 12.2 Å². The summed E-state index contributed by atoms with van der Waals surface area (Å²) >= 11 is 1.58. The predicted octanol–water partition coefficient (Wildman–Crippen LogP) is 2.17. The van der Waals surface area contributed by atoms with Crippen molar-refractivity contribution < 1.29 is 4.52 Å². The Kier molecular flexibility index (Phi) is 6.51. The van der Waals surface area contributed by atoms with Gasteiger partial charge in [-0.1, -0.05) is 30.8 Å². The molecule has 20 heavy (non-hydrogen) atoms. The molecule has 6 nitrogen and oxygen atoms in total. The fraction of sp³-hybridized carbons (Fsp3) is 0.583. The van der Waals surface area contributed by atoms with Gasteiger partial charge in [-0.3, -0.25) is 0 Å². The molecule has 2 aromatic rings. The molecule has 0 aliphatic carbocycles. The van der Waals surface area contributed by atoms with Gasteiger partial charge in [-0.15, -0.1) is 22.6 Å². The first kappa shape index (κ1) is 17.0. The normalized spacial score (nSPS) is 10.8. The van der Waals surface area contributed by atoms with Crippen molar-refractivity contribution in [3.63, 3.8) is 0 Å². The van der Waals surface area contributed by atoms with Crippen LogP contribution in [0.4, 0.5) is 0 Å². The summed E-state index contributed by atoms with van der Waals surface area (Å²) in [5.41, 5.74) is 6.49. The quantitative estimate of drug-likeness (QED) is 0.822. The Morgan fingerprint density at radius 3 is 2.75 bits per heavy atom. The minimum atomic E-state index is 0. The molecule has 0 aliphatic rings. The van der Waals surface area contributed by atoms with Crippen molar-refractivity contribution >= 4 is 24.2 Å². The molecule has 2 aromatic heterocycles. The monoisotopic (exact) mass is 317 g/mol. The van der Waals surface area contributed by atoms with E-state index >= 15 is 0 Å². The van der Waals surface area contributed by atoms with E-state index in [9.17, 15) is 0 Å². The van der Waals surface area contributed by atoms with Gasteiger partial charge in [-0.25, -0.2) is 0 Å². The molecule has 0 aromatic carbocycles. The van der Waals surface area contributed by atoms with Crippen molar-refractivity contribution in [3.8, 4) is 0 Å². The highest BCUT2D eigenvalue weighted by Crippen LogP contribution is 2.21. The summed E-state index contributed by atoms with van der Waals surface area (Å²) in [6, 6.07) is 2.01. The van der Waals surface area contributed by atoms with Crippen LogP contribution in [0, 0.1) is 5.92 Å². The second-order valence-corrected chi connectivity index (χ2v) is 5.78. The van der Waals surface area contributed by atoms with Gasteiger partial charge in [0.25, 0.3) is 0 Å². The first-order valence-electron chi connectivity index (χ1n) is 6.25. The third kappa shape index (κ3) is 4.22. The number of hydrogen-bond acceptors (Lipinski definition) is 6. The molecule has 0 radical (unpaired) electrons. The molecule has 112 valence electrons. The minimum absolute atomic E-state index is 0. The molecule has 0 fully saturated rings. The van der Waals surface area contributed by atoms with Gasteiger partial charge in [-0.05, 0) is 5.92 Å². The van der Waals surface area contributed by atoms with E-state index in [0.717, 1.165) is 34.6 Å². The number of nitrogens with zero attached hydrogens (tertiary/aromatic N) is 4. The smallest absolute Gasteiger partial charge is 0.191 e. The largest absolute Gasteiger partial charge is 0.361 e. The number of aromatic nitrogens is 4. The molecule has 8 heteroatoms. The minimum Gasteiger partial charge on any atom is -0.361 e. The van der Waals surface area contributed by atoms with Crippen molar-refractivity contribution in [2.24, 2.45) is 18.7 Å². The van der Waals surface area contributed by atoms with Gasteiger partial charge in [0.1, 0.15) is 11.6 Å².